The normalized spacial score (nSPS) is 31.2. The molecule has 2 saturated heterocycles. The van der Waals surface area contributed by atoms with E-state index in [0.717, 1.165) is 25.8 Å². The molecule has 2 aliphatic heterocycles. The smallest absolute Gasteiger partial charge is 0.227 e. The van der Waals surface area contributed by atoms with Crippen molar-refractivity contribution in [3.8, 4) is 0 Å². The van der Waals surface area contributed by atoms with Gasteiger partial charge in [-0.3, -0.25) is 4.79 Å². The topological polar surface area (TPSA) is 32.3 Å². The molecule has 102 valence electrons. The lowest BCUT2D eigenvalue weighted by Gasteiger charge is -2.44. The fourth-order valence-electron chi connectivity index (χ4n) is 3.59. The van der Waals surface area contributed by atoms with Crippen molar-refractivity contribution in [1.82, 2.24) is 5.32 Å². The second-order valence-electron chi connectivity index (χ2n) is 5.74. The van der Waals surface area contributed by atoms with Gasteiger partial charge < -0.3 is 10.2 Å². The molecule has 1 N–H and O–H groups in total. The predicted molar refractivity (Wildman–Crippen MR) is 72.5 cm³/mol. The van der Waals surface area contributed by atoms with Crippen LogP contribution >= 0.6 is 0 Å². The summed E-state index contributed by atoms with van der Waals surface area (Å²) in [5.41, 5.74) is 0.590. The SMILES string of the molecule is CC1C[C@]2(CCN1)CCC(=O)N2c1cccc(F)c1. The van der Waals surface area contributed by atoms with Crippen LogP contribution in [0.4, 0.5) is 10.1 Å². The van der Waals surface area contributed by atoms with Gasteiger partial charge in [0.15, 0.2) is 0 Å². The monoisotopic (exact) mass is 262 g/mol. The minimum atomic E-state index is -0.283. The van der Waals surface area contributed by atoms with Gasteiger partial charge in [-0.1, -0.05) is 6.07 Å². The van der Waals surface area contributed by atoms with Gasteiger partial charge in [-0.15, -0.1) is 0 Å². The molecule has 1 aromatic rings. The zero-order valence-electron chi connectivity index (χ0n) is 11.2. The molecule has 19 heavy (non-hydrogen) atoms. The van der Waals surface area contributed by atoms with E-state index < -0.39 is 0 Å². The van der Waals surface area contributed by atoms with Crippen LogP contribution < -0.4 is 10.2 Å². The Morgan fingerprint density at radius 2 is 2.26 bits per heavy atom. The van der Waals surface area contributed by atoms with E-state index in [1.807, 2.05) is 11.0 Å². The summed E-state index contributed by atoms with van der Waals surface area (Å²) in [6.45, 7) is 3.06. The summed E-state index contributed by atoms with van der Waals surface area (Å²) in [4.78, 5) is 14.1. The lowest BCUT2D eigenvalue weighted by atomic mass is 9.82. The van der Waals surface area contributed by atoms with E-state index in [9.17, 15) is 9.18 Å². The van der Waals surface area contributed by atoms with E-state index in [0.29, 0.717) is 18.2 Å². The number of nitrogens with zero attached hydrogens (tertiary/aromatic N) is 1. The fraction of sp³-hybridized carbons (Fsp3) is 0.533. The lowest BCUT2D eigenvalue weighted by molar-refractivity contribution is -0.117. The molecule has 1 unspecified atom stereocenters. The number of rotatable bonds is 1. The maximum atomic E-state index is 13.4. The first-order chi connectivity index (χ1) is 9.11. The molecule has 2 fully saturated rings. The van der Waals surface area contributed by atoms with Crippen LogP contribution in [0.1, 0.15) is 32.6 Å². The van der Waals surface area contributed by atoms with Gasteiger partial charge in [0.1, 0.15) is 5.82 Å². The molecule has 1 spiro atoms. The molecule has 2 heterocycles. The molecule has 0 radical (unpaired) electrons. The Morgan fingerprint density at radius 3 is 3.00 bits per heavy atom. The van der Waals surface area contributed by atoms with Gasteiger partial charge in [0.25, 0.3) is 0 Å². The first-order valence-electron chi connectivity index (χ1n) is 6.93. The summed E-state index contributed by atoms with van der Waals surface area (Å²) in [6, 6.07) is 6.80. The van der Waals surface area contributed by atoms with Crippen LogP contribution in [0.5, 0.6) is 0 Å². The van der Waals surface area contributed by atoms with Gasteiger partial charge in [0.05, 0.1) is 5.54 Å². The van der Waals surface area contributed by atoms with E-state index in [1.54, 1.807) is 6.07 Å². The van der Waals surface area contributed by atoms with Crippen molar-refractivity contribution in [3.05, 3.63) is 30.1 Å². The van der Waals surface area contributed by atoms with Crippen LogP contribution in [-0.4, -0.2) is 24.0 Å². The van der Waals surface area contributed by atoms with Gasteiger partial charge in [-0.25, -0.2) is 4.39 Å². The van der Waals surface area contributed by atoms with Crippen LogP contribution in [0.2, 0.25) is 0 Å². The Balaban J connectivity index is 1.98. The summed E-state index contributed by atoms with van der Waals surface area (Å²) in [6.07, 6.45) is 3.34. The number of nitrogens with one attached hydrogen (secondary N) is 1. The average Bonchev–Trinajstić information content (AvgIpc) is 2.66. The summed E-state index contributed by atoms with van der Waals surface area (Å²) < 4.78 is 13.4. The maximum absolute atomic E-state index is 13.4. The summed E-state index contributed by atoms with van der Waals surface area (Å²) in [5.74, 6) is -0.158. The molecule has 1 aromatic carbocycles. The van der Waals surface area contributed by atoms with Crippen molar-refractivity contribution >= 4 is 11.6 Å². The highest BCUT2D eigenvalue weighted by Gasteiger charge is 2.47. The van der Waals surface area contributed by atoms with Gasteiger partial charge in [0, 0.05) is 18.2 Å². The van der Waals surface area contributed by atoms with Gasteiger partial charge in [0.2, 0.25) is 5.91 Å². The van der Waals surface area contributed by atoms with E-state index in [4.69, 9.17) is 0 Å². The summed E-state index contributed by atoms with van der Waals surface area (Å²) in [7, 11) is 0. The van der Waals surface area contributed by atoms with Crippen molar-refractivity contribution in [1.29, 1.82) is 0 Å². The number of amides is 1. The molecular weight excluding hydrogens is 243 g/mol. The molecule has 0 aromatic heterocycles. The summed E-state index contributed by atoms with van der Waals surface area (Å²) in [5, 5.41) is 3.42. The summed E-state index contributed by atoms with van der Waals surface area (Å²) >= 11 is 0. The molecule has 3 rings (SSSR count). The van der Waals surface area contributed by atoms with Crippen LogP contribution in [0.15, 0.2) is 24.3 Å². The Hall–Kier alpha value is -1.42. The van der Waals surface area contributed by atoms with Gasteiger partial charge in [-0.05, 0) is 50.9 Å². The van der Waals surface area contributed by atoms with Crippen molar-refractivity contribution in [2.24, 2.45) is 0 Å². The Kier molecular flexibility index (Phi) is 3.05. The minimum Gasteiger partial charge on any atom is -0.314 e. The quantitative estimate of drug-likeness (QED) is 0.843. The Labute approximate surface area is 112 Å². The number of anilines is 1. The lowest BCUT2D eigenvalue weighted by Crippen LogP contribution is -2.55. The zero-order valence-corrected chi connectivity index (χ0v) is 11.2. The van der Waals surface area contributed by atoms with E-state index in [-0.39, 0.29) is 17.3 Å². The molecule has 2 atom stereocenters. The highest BCUT2D eigenvalue weighted by atomic mass is 19.1. The Bertz CT molecular complexity index is 505. The zero-order chi connectivity index (χ0) is 13.5. The van der Waals surface area contributed by atoms with Crippen molar-refractivity contribution < 1.29 is 9.18 Å². The number of hydrogen-bond acceptors (Lipinski definition) is 2. The van der Waals surface area contributed by atoms with Crippen LogP contribution in [0.3, 0.4) is 0 Å². The number of benzene rings is 1. The first-order valence-corrected chi connectivity index (χ1v) is 6.93. The molecule has 1 amide bonds. The van der Waals surface area contributed by atoms with E-state index in [2.05, 4.69) is 12.2 Å². The van der Waals surface area contributed by atoms with Gasteiger partial charge >= 0.3 is 0 Å². The minimum absolute atomic E-state index is 0.116. The predicted octanol–water partition coefficient (Wildman–Crippen LogP) is 2.46. The van der Waals surface area contributed by atoms with E-state index in [1.165, 1.54) is 12.1 Å². The van der Waals surface area contributed by atoms with Gasteiger partial charge in [-0.2, -0.15) is 0 Å². The molecule has 0 aliphatic carbocycles. The highest BCUT2D eigenvalue weighted by molar-refractivity contribution is 5.97. The van der Waals surface area contributed by atoms with E-state index >= 15 is 0 Å². The highest BCUT2D eigenvalue weighted by Crippen LogP contribution is 2.42. The molecule has 2 aliphatic rings. The third kappa shape index (κ3) is 2.14. The van der Waals surface area contributed by atoms with Crippen LogP contribution in [0, 0.1) is 5.82 Å². The number of piperidine rings is 1. The number of carbonyl (C=O) groups excluding carboxylic acids is 1. The first kappa shape index (κ1) is 12.6. The van der Waals surface area contributed by atoms with Crippen LogP contribution in [0.25, 0.3) is 0 Å². The number of hydrogen-bond donors (Lipinski definition) is 1. The average molecular weight is 262 g/mol. The third-order valence-corrected chi connectivity index (χ3v) is 4.36. The number of carbonyl (C=O) groups is 1. The van der Waals surface area contributed by atoms with Crippen molar-refractivity contribution in [2.45, 2.75) is 44.2 Å². The largest absolute Gasteiger partial charge is 0.314 e. The standard InChI is InChI=1S/C15H19FN2O/c1-11-10-15(7-8-17-11)6-5-14(19)18(15)13-4-2-3-12(16)9-13/h2-4,9,11,17H,5-8,10H2,1H3/t11?,15-/m1/s1. The molecule has 3 nitrogen and oxygen atoms in total. The van der Waals surface area contributed by atoms with Crippen LogP contribution in [-0.2, 0) is 4.79 Å². The number of halogens is 1. The molecule has 0 bridgehead atoms. The van der Waals surface area contributed by atoms with Crippen molar-refractivity contribution in [2.75, 3.05) is 11.4 Å². The molecule has 0 saturated carbocycles. The maximum Gasteiger partial charge on any atom is 0.227 e. The van der Waals surface area contributed by atoms with Crippen molar-refractivity contribution in [3.63, 3.8) is 0 Å². The Morgan fingerprint density at radius 1 is 1.42 bits per heavy atom. The molecular formula is C15H19FN2O. The fourth-order valence-corrected chi connectivity index (χ4v) is 3.59. The second-order valence-corrected chi connectivity index (χ2v) is 5.74. The third-order valence-electron chi connectivity index (χ3n) is 4.36. The molecule has 4 heteroatoms. The second kappa shape index (κ2) is 4.60.